The lowest BCUT2D eigenvalue weighted by Crippen LogP contribution is -2.46. The van der Waals surface area contributed by atoms with Crippen LogP contribution in [0.3, 0.4) is 0 Å². The predicted octanol–water partition coefficient (Wildman–Crippen LogP) is 4.91. The summed E-state index contributed by atoms with van der Waals surface area (Å²) in [4.78, 5) is 2.78. The number of hydrogen-bond acceptors (Lipinski definition) is 2. The zero-order valence-electron chi connectivity index (χ0n) is 12.2. The summed E-state index contributed by atoms with van der Waals surface area (Å²) in [6.45, 7) is 14.3. The van der Waals surface area contributed by atoms with Gasteiger partial charge < -0.3 is 4.12 Å². The molecule has 0 amide bonds. The van der Waals surface area contributed by atoms with Crippen LogP contribution >= 0.6 is 0 Å². The highest BCUT2D eigenvalue weighted by molar-refractivity contribution is 6.85. The van der Waals surface area contributed by atoms with E-state index in [1.54, 1.807) is 0 Å². The zero-order chi connectivity index (χ0) is 13.5. The Hall–Kier alpha value is -0.296. The maximum absolute atomic E-state index is 8.23. The standard InChI is InChI=1S/C11H27N3OSi2/c1-7-11(2)17(5,6)15-16(3,4)10-8-9-13-14-12/h11H,7-10H2,1-6H3. The summed E-state index contributed by atoms with van der Waals surface area (Å²) in [7, 11) is -3.14. The minimum Gasteiger partial charge on any atom is -0.455 e. The van der Waals surface area contributed by atoms with Gasteiger partial charge in [0.25, 0.3) is 0 Å². The lowest BCUT2D eigenvalue weighted by molar-refractivity contribution is 0.512. The Morgan fingerprint density at radius 2 is 1.88 bits per heavy atom. The summed E-state index contributed by atoms with van der Waals surface area (Å²) in [6, 6.07) is 1.08. The van der Waals surface area contributed by atoms with Crippen LogP contribution in [0.15, 0.2) is 5.11 Å². The van der Waals surface area contributed by atoms with Crippen LogP contribution in [-0.2, 0) is 4.12 Å². The molecule has 0 saturated carbocycles. The molecule has 6 heteroatoms. The molecule has 0 aromatic rings. The Bertz CT molecular complexity index is 276. The van der Waals surface area contributed by atoms with E-state index in [-0.39, 0.29) is 0 Å². The molecule has 0 aromatic carbocycles. The number of hydrogen-bond donors (Lipinski definition) is 0. The molecule has 0 aliphatic carbocycles. The lowest BCUT2D eigenvalue weighted by Gasteiger charge is -2.37. The van der Waals surface area contributed by atoms with Gasteiger partial charge in [0.15, 0.2) is 16.6 Å². The normalized spacial score (nSPS) is 14.2. The number of nitrogens with zero attached hydrogens (tertiary/aromatic N) is 3. The molecule has 4 nitrogen and oxygen atoms in total. The Morgan fingerprint density at radius 1 is 1.29 bits per heavy atom. The Morgan fingerprint density at radius 3 is 2.35 bits per heavy atom. The Kier molecular flexibility index (Phi) is 7.08. The third-order valence-corrected chi connectivity index (χ3v) is 12.1. The van der Waals surface area contributed by atoms with Gasteiger partial charge in [-0.05, 0) is 49.7 Å². The van der Waals surface area contributed by atoms with Crippen LogP contribution < -0.4 is 0 Å². The number of azide groups is 1. The quantitative estimate of drug-likeness (QED) is 0.204. The van der Waals surface area contributed by atoms with Gasteiger partial charge in [0, 0.05) is 11.5 Å². The molecule has 0 aliphatic rings. The smallest absolute Gasteiger partial charge is 0.176 e. The third kappa shape index (κ3) is 6.88. The predicted molar refractivity (Wildman–Crippen MR) is 79.2 cm³/mol. The molecule has 0 radical (unpaired) electrons. The van der Waals surface area contributed by atoms with Crippen LogP contribution in [0.2, 0.25) is 37.8 Å². The minimum atomic E-state index is -1.59. The van der Waals surface area contributed by atoms with Crippen molar-refractivity contribution in [1.82, 2.24) is 0 Å². The fraction of sp³-hybridized carbons (Fsp3) is 1.00. The zero-order valence-corrected chi connectivity index (χ0v) is 14.2. The van der Waals surface area contributed by atoms with E-state index in [2.05, 4.69) is 50.1 Å². The van der Waals surface area contributed by atoms with Gasteiger partial charge in [-0.25, -0.2) is 0 Å². The maximum atomic E-state index is 8.23. The molecule has 0 spiro atoms. The van der Waals surface area contributed by atoms with Gasteiger partial charge in [-0.1, -0.05) is 25.4 Å². The molecule has 100 valence electrons. The van der Waals surface area contributed by atoms with Gasteiger partial charge in [-0.15, -0.1) is 0 Å². The summed E-state index contributed by atoms with van der Waals surface area (Å²) in [5.41, 5.74) is 8.93. The average Bonchev–Trinajstić information content (AvgIpc) is 2.21. The van der Waals surface area contributed by atoms with Gasteiger partial charge in [-0.2, -0.15) is 0 Å². The molecular formula is C11H27N3OSi2. The van der Waals surface area contributed by atoms with E-state index < -0.39 is 16.6 Å². The van der Waals surface area contributed by atoms with Crippen molar-refractivity contribution in [2.24, 2.45) is 5.11 Å². The van der Waals surface area contributed by atoms with Crippen molar-refractivity contribution in [1.29, 1.82) is 0 Å². The summed E-state index contributed by atoms with van der Waals surface area (Å²) in [6.07, 6.45) is 2.15. The van der Waals surface area contributed by atoms with Crippen LogP contribution in [0, 0.1) is 0 Å². The van der Waals surface area contributed by atoms with E-state index >= 15 is 0 Å². The third-order valence-electron chi connectivity index (χ3n) is 3.44. The molecular weight excluding hydrogens is 246 g/mol. The molecule has 0 saturated heterocycles. The second-order valence-corrected chi connectivity index (χ2v) is 14.9. The van der Waals surface area contributed by atoms with Crippen molar-refractivity contribution >= 4 is 16.6 Å². The van der Waals surface area contributed by atoms with E-state index in [1.807, 2.05) is 0 Å². The van der Waals surface area contributed by atoms with Crippen molar-refractivity contribution in [2.45, 2.75) is 64.5 Å². The molecule has 0 aromatic heterocycles. The summed E-state index contributed by atoms with van der Waals surface area (Å²) >= 11 is 0. The molecule has 0 N–H and O–H groups in total. The average molecular weight is 274 g/mol. The first-order valence-corrected chi connectivity index (χ1v) is 12.6. The van der Waals surface area contributed by atoms with E-state index in [0.29, 0.717) is 12.1 Å². The SMILES string of the molecule is CCC(C)[Si](C)(C)O[Si](C)(C)CCCN=[N+]=[N-]. The fourth-order valence-corrected chi connectivity index (χ4v) is 10.9. The van der Waals surface area contributed by atoms with Crippen molar-refractivity contribution in [3.8, 4) is 0 Å². The number of rotatable bonds is 8. The first-order chi connectivity index (χ1) is 7.75. The molecule has 0 fully saturated rings. The van der Waals surface area contributed by atoms with Gasteiger partial charge in [0.1, 0.15) is 0 Å². The fourth-order valence-electron chi connectivity index (χ4n) is 1.98. The largest absolute Gasteiger partial charge is 0.455 e. The van der Waals surface area contributed by atoms with Crippen molar-refractivity contribution < 1.29 is 4.12 Å². The van der Waals surface area contributed by atoms with Crippen molar-refractivity contribution in [2.75, 3.05) is 6.54 Å². The van der Waals surface area contributed by atoms with E-state index in [0.717, 1.165) is 12.5 Å². The molecule has 1 atom stereocenters. The van der Waals surface area contributed by atoms with Crippen molar-refractivity contribution in [3.63, 3.8) is 0 Å². The van der Waals surface area contributed by atoms with Crippen LogP contribution in [0.25, 0.3) is 10.4 Å². The van der Waals surface area contributed by atoms with Gasteiger partial charge in [0.05, 0.1) is 0 Å². The van der Waals surface area contributed by atoms with Crippen LogP contribution in [-0.4, -0.2) is 23.2 Å². The summed E-state index contributed by atoms with van der Waals surface area (Å²) < 4.78 is 6.50. The topological polar surface area (TPSA) is 58.0 Å². The van der Waals surface area contributed by atoms with E-state index in [9.17, 15) is 0 Å². The molecule has 0 bridgehead atoms. The van der Waals surface area contributed by atoms with Crippen LogP contribution in [0.5, 0.6) is 0 Å². The first-order valence-electron chi connectivity index (χ1n) is 6.46. The molecule has 0 aliphatic heterocycles. The van der Waals surface area contributed by atoms with E-state index in [4.69, 9.17) is 9.65 Å². The van der Waals surface area contributed by atoms with Crippen LogP contribution in [0.4, 0.5) is 0 Å². The maximum Gasteiger partial charge on any atom is 0.176 e. The highest BCUT2D eigenvalue weighted by Gasteiger charge is 2.35. The minimum absolute atomic E-state index is 0.599. The van der Waals surface area contributed by atoms with Gasteiger partial charge >= 0.3 is 0 Å². The molecule has 0 rings (SSSR count). The highest BCUT2D eigenvalue weighted by atomic mass is 28.4. The molecule has 17 heavy (non-hydrogen) atoms. The van der Waals surface area contributed by atoms with Crippen molar-refractivity contribution in [3.05, 3.63) is 10.4 Å². The molecule has 0 heterocycles. The van der Waals surface area contributed by atoms with Gasteiger partial charge in [-0.3, -0.25) is 0 Å². The Balaban J connectivity index is 4.27. The van der Waals surface area contributed by atoms with E-state index in [1.165, 1.54) is 6.42 Å². The highest BCUT2D eigenvalue weighted by Crippen LogP contribution is 2.30. The summed E-state index contributed by atoms with van der Waals surface area (Å²) in [5.74, 6) is 0. The van der Waals surface area contributed by atoms with Crippen LogP contribution in [0.1, 0.15) is 26.7 Å². The Labute approximate surface area is 108 Å². The second-order valence-electron chi connectivity index (χ2n) is 5.83. The monoisotopic (exact) mass is 273 g/mol. The summed E-state index contributed by atoms with van der Waals surface area (Å²) in [5, 5.41) is 3.58. The first kappa shape index (κ1) is 16.7. The second kappa shape index (κ2) is 7.21. The molecule has 1 unspecified atom stereocenters. The van der Waals surface area contributed by atoms with Gasteiger partial charge in [0.2, 0.25) is 0 Å². The lowest BCUT2D eigenvalue weighted by atomic mass is 10.4.